The van der Waals surface area contributed by atoms with Crippen LogP contribution in [0.5, 0.6) is 0 Å². The molecule has 7 heteroatoms. The molecule has 0 aliphatic carbocycles. The van der Waals surface area contributed by atoms with E-state index in [0.29, 0.717) is 22.6 Å². The molecular formula is C34H27BrF2N4. The minimum absolute atomic E-state index is 0.192. The van der Waals surface area contributed by atoms with Crippen LogP contribution in [0.3, 0.4) is 0 Å². The largest absolute Gasteiger partial charge is 0.367 e. The van der Waals surface area contributed by atoms with Gasteiger partial charge in [0.05, 0.1) is 23.3 Å². The lowest BCUT2D eigenvalue weighted by atomic mass is 9.76. The first kappa shape index (κ1) is 26.8. The molecule has 1 aliphatic heterocycles. The number of halogens is 3. The zero-order valence-corrected chi connectivity index (χ0v) is 23.7. The van der Waals surface area contributed by atoms with E-state index in [-0.39, 0.29) is 23.3 Å². The first-order valence-corrected chi connectivity index (χ1v) is 14.1. The molecule has 5 aromatic rings. The van der Waals surface area contributed by atoms with Crippen molar-refractivity contribution in [1.29, 1.82) is 5.41 Å². The number of aromatic nitrogens is 1. The number of anilines is 2. The lowest BCUT2D eigenvalue weighted by Gasteiger charge is -2.38. The van der Waals surface area contributed by atoms with E-state index in [2.05, 4.69) is 26.2 Å². The zero-order chi connectivity index (χ0) is 28.4. The predicted molar refractivity (Wildman–Crippen MR) is 164 cm³/mol. The highest BCUT2D eigenvalue weighted by atomic mass is 79.9. The fraction of sp³-hybridized carbons (Fsp3) is 0.118. The molecule has 0 radical (unpaired) electrons. The van der Waals surface area contributed by atoms with Crippen molar-refractivity contribution in [3.63, 3.8) is 0 Å². The number of alkyl halides is 1. The minimum Gasteiger partial charge on any atom is -0.367 e. The third kappa shape index (κ3) is 5.13. The van der Waals surface area contributed by atoms with Crippen LogP contribution in [0.4, 0.5) is 20.3 Å². The number of hydrogen-bond donors (Lipinski definition) is 2. The number of pyridine rings is 1. The van der Waals surface area contributed by atoms with Gasteiger partial charge in [0.25, 0.3) is 0 Å². The van der Waals surface area contributed by atoms with E-state index in [1.165, 1.54) is 6.07 Å². The number of rotatable bonds is 8. The molecule has 6 rings (SSSR count). The molecule has 2 N–H and O–H groups in total. The third-order valence-corrected chi connectivity index (χ3v) is 8.08. The second-order valence-electron chi connectivity index (χ2n) is 10.1. The molecule has 0 unspecified atom stereocenters. The number of nitrogens with one attached hydrogen (secondary N) is 2. The summed E-state index contributed by atoms with van der Waals surface area (Å²) in [6.07, 6.45) is 0.754. The van der Waals surface area contributed by atoms with E-state index in [9.17, 15) is 9.80 Å². The van der Waals surface area contributed by atoms with Crippen LogP contribution in [0.2, 0.25) is 0 Å². The SMILES string of the molecule is N=C(c1ccnc(N2CC(F)C2)c1)c1cc(Br)c(F)cc1NC(c1ccccc1)(c1ccccc1)c1ccccc1. The molecule has 0 atom stereocenters. The van der Waals surface area contributed by atoms with Crippen molar-refractivity contribution in [1.82, 2.24) is 4.98 Å². The van der Waals surface area contributed by atoms with Crippen molar-refractivity contribution in [2.45, 2.75) is 11.7 Å². The van der Waals surface area contributed by atoms with Crippen LogP contribution in [-0.4, -0.2) is 30.0 Å². The maximum Gasteiger partial charge on any atom is 0.139 e. The van der Waals surface area contributed by atoms with Gasteiger partial charge < -0.3 is 10.2 Å². The van der Waals surface area contributed by atoms with Gasteiger partial charge in [-0.25, -0.2) is 13.8 Å². The number of benzene rings is 4. The Bertz CT molecular complexity index is 1580. The molecule has 0 spiro atoms. The van der Waals surface area contributed by atoms with Gasteiger partial charge >= 0.3 is 0 Å². The van der Waals surface area contributed by atoms with Crippen molar-refractivity contribution in [2.75, 3.05) is 23.3 Å². The van der Waals surface area contributed by atoms with Gasteiger partial charge in [-0.05, 0) is 56.9 Å². The minimum atomic E-state index is -0.906. The molecule has 204 valence electrons. The quantitative estimate of drug-likeness (QED) is 0.139. The Hall–Kier alpha value is -4.36. The van der Waals surface area contributed by atoms with Gasteiger partial charge in [-0.15, -0.1) is 0 Å². The monoisotopic (exact) mass is 608 g/mol. The Labute approximate surface area is 246 Å². The van der Waals surface area contributed by atoms with Gasteiger partial charge in [-0.2, -0.15) is 0 Å². The number of hydrogen-bond acceptors (Lipinski definition) is 4. The highest BCUT2D eigenvalue weighted by Crippen LogP contribution is 2.42. The molecule has 0 amide bonds. The van der Waals surface area contributed by atoms with Gasteiger partial charge in [0.2, 0.25) is 0 Å². The van der Waals surface area contributed by atoms with Crippen LogP contribution in [0.15, 0.2) is 126 Å². The first-order chi connectivity index (χ1) is 20.0. The standard InChI is InChI=1S/C34H27BrF2N4/c35-29-19-28(33(38)23-16-17-39-32(18-23)41-21-27(36)22-41)31(20-30(29)37)40-34(24-10-4-1-5-11-24,25-12-6-2-7-13-25)26-14-8-3-9-15-26/h1-20,27,38,40H,21-22H2. The lowest BCUT2D eigenvalue weighted by molar-refractivity contribution is 0.273. The van der Waals surface area contributed by atoms with Crippen molar-refractivity contribution in [2.24, 2.45) is 0 Å². The summed E-state index contributed by atoms with van der Waals surface area (Å²) < 4.78 is 29.0. The van der Waals surface area contributed by atoms with E-state index in [4.69, 9.17) is 0 Å². The van der Waals surface area contributed by atoms with Crippen molar-refractivity contribution in [3.8, 4) is 0 Å². The summed E-state index contributed by atoms with van der Waals surface area (Å²) in [5, 5.41) is 13.0. The van der Waals surface area contributed by atoms with E-state index in [1.807, 2.05) is 95.9 Å². The van der Waals surface area contributed by atoms with Gasteiger partial charge in [0.15, 0.2) is 0 Å². The Balaban J connectivity index is 1.52. The molecule has 4 aromatic carbocycles. The summed E-state index contributed by atoms with van der Waals surface area (Å²) in [7, 11) is 0. The van der Waals surface area contributed by atoms with E-state index in [1.54, 1.807) is 24.4 Å². The molecule has 1 fully saturated rings. The Kier molecular flexibility index (Phi) is 7.37. The van der Waals surface area contributed by atoms with Crippen LogP contribution in [0.1, 0.15) is 27.8 Å². The molecule has 0 bridgehead atoms. The molecule has 1 aliphatic rings. The number of nitrogens with zero attached hydrogens (tertiary/aromatic N) is 2. The summed E-state index contributed by atoms with van der Waals surface area (Å²) in [5.41, 5.74) is 3.73. The normalized spacial score (nSPS) is 13.5. The summed E-state index contributed by atoms with van der Waals surface area (Å²) in [6.45, 7) is 0.568. The fourth-order valence-corrected chi connectivity index (χ4v) is 5.70. The van der Waals surface area contributed by atoms with Crippen LogP contribution in [-0.2, 0) is 5.54 Å². The highest BCUT2D eigenvalue weighted by Gasteiger charge is 2.37. The van der Waals surface area contributed by atoms with Gasteiger partial charge in [-0.3, -0.25) is 5.41 Å². The Morgan fingerprint density at radius 3 is 1.88 bits per heavy atom. The van der Waals surface area contributed by atoms with Crippen LogP contribution < -0.4 is 10.2 Å². The molecule has 41 heavy (non-hydrogen) atoms. The van der Waals surface area contributed by atoms with Crippen LogP contribution in [0.25, 0.3) is 0 Å². The van der Waals surface area contributed by atoms with E-state index >= 15 is 4.39 Å². The van der Waals surface area contributed by atoms with Crippen molar-refractivity contribution >= 4 is 33.1 Å². The summed E-state index contributed by atoms with van der Waals surface area (Å²) >= 11 is 3.34. The zero-order valence-electron chi connectivity index (χ0n) is 22.1. The van der Waals surface area contributed by atoms with Crippen molar-refractivity contribution < 1.29 is 8.78 Å². The van der Waals surface area contributed by atoms with Gasteiger partial charge in [-0.1, -0.05) is 91.0 Å². The van der Waals surface area contributed by atoms with Crippen LogP contribution in [0, 0.1) is 11.2 Å². The smallest absolute Gasteiger partial charge is 0.139 e. The Morgan fingerprint density at radius 2 is 1.37 bits per heavy atom. The predicted octanol–water partition coefficient (Wildman–Crippen LogP) is 7.96. The fourth-order valence-electron chi connectivity index (χ4n) is 5.35. The maximum absolute atomic E-state index is 15.3. The molecule has 2 heterocycles. The van der Waals surface area contributed by atoms with Gasteiger partial charge in [0, 0.05) is 23.0 Å². The van der Waals surface area contributed by atoms with E-state index < -0.39 is 17.5 Å². The Morgan fingerprint density at radius 1 is 0.829 bits per heavy atom. The molecule has 1 aromatic heterocycles. The third-order valence-electron chi connectivity index (χ3n) is 7.47. The second-order valence-corrected chi connectivity index (χ2v) is 10.9. The summed E-state index contributed by atoms with van der Waals surface area (Å²) in [5.74, 6) is 0.168. The lowest BCUT2D eigenvalue weighted by Crippen LogP contribution is -2.48. The van der Waals surface area contributed by atoms with E-state index in [0.717, 1.165) is 16.7 Å². The first-order valence-electron chi connectivity index (χ1n) is 13.3. The average Bonchev–Trinajstić information content (AvgIpc) is 3.01. The van der Waals surface area contributed by atoms with Crippen molar-refractivity contribution in [3.05, 3.63) is 160 Å². The molecule has 4 nitrogen and oxygen atoms in total. The highest BCUT2D eigenvalue weighted by molar-refractivity contribution is 9.10. The van der Waals surface area contributed by atoms with Crippen LogP contribution >= 0.6 is 15.9 Å². The average molecular weight is 610 g/mol. The topological polar surface area (TPSA) is 52.0 Å². The maximum atomic E-state index is 15.3. The molecule has 1 saturated heterocycles. The van der Waals surface area contributed by atoms with Gasteiger partial charge in [0.1, 0.15) is 23.3 Å². The second kappa shape index (κ2) is 11.3. The summed E-state index contributed by atoms with van der Waals surface area (Å²) in [6, 6.07) is 36.7. The molecular weight excluding hydrogens is 582 g/mol. The molecule has 0 saturated carbocycles. The summed E-state index contributed by atoms with van der Waals surface area (Å²) in [4.78, 5) is 6.22.